The van der Waals surface area contributed by atoms with Gasteiger partial charge in [-0.1, -0.05) is 13.8 Å². The van der Waals surface area contributed by atoms with E-state index in [9.17, 15) is 4.79 Å². The maximum atomic E-state index is 13.2. The van der Waals surface area contributed by atoms with Gasteiger partial charge >= 0.3 is 0 Å². The van der Waals surface area contributed by atoms with Gasteiger partial charge in [-0.3, -0.25) is 9.48 Å². The van der Waals surface area contributed by atoms with Gasteiger partial charge in [-0.2, -0.15) is 5.10 Å². The Balaban J connectivity index is 0.00000208. The van der Waals surface area contributed by atoms with Crippen molar-refractivity contribution in [3.63, 3.8) is 0 Å². The van der Waals surface area contributed by atoms with Crippen LogP contribution in [0.5, 0.6) is 0 Å². The molecular formula is C17H29ClN4O2. The third kappa shape index (κ3) is 4.10. The number of carbonyl (C=O) groups is 1. The van der Waals surface area contributed by atoms with Crippen LogP contribution in [-0.4, -0.2) is 59.5 Å². The summed E-state index contributed by atoms with van der Waals surface area (Å²) >= 11 is 0. The lowest BCUT2D eigenvalue weighted by Gasteiger charge is -2.38. The van der Waals surface area contributed by atoms with E-state index in [0.717, 1.165) is 25.1 Å². The molecule has 0 radical (unpaired) electrons. The molecule has 6 nitrogen and oxygen atoms in total. The van der Waals surface area contributed by atoms with Crippen molar-refractivity contribution < 1.29 is 9.53 Å². The van der Waals surface area contributed by atoms with Crippen LogP contribution in [0.1, 0.15) is 31.7 Å². The first kappa shape index (κ1) is 19.2. The molecule has 24 heavy (non-hydrogen) atoms. The molecule has 1 aromatic heterocycles. The van der Waals surface area contributed by atoms with Crippen LogP contribution >= 0.6 is 12.4 Å². The maximum absolute atomic E-state index is 13.2. The number of halogens is 1. The molecule has 2 aliphatic rings. The Labute approximate surface area is 150 Å². The molecule has 7 heteroatoms. The van der Waals surface area contributed by atoms with Crippen molar-refractivity contribution in [1.82, 2.24) is 20.0 Å². The minimum Gasteiger partial charge on any atom is -0.377 e. The van der Waals surface area contributed by atoms with Crippen LogP contribution in [0.25, 0.3) is 0 Å². The van der Waals surface area contributed by atoms with E-state index in [0.29, 0.717) is 25.7 Å². The molecule has 136 valence electrons. The number of carbonyl (C=O) groups excluding carboxylic acids is 1. The van der Waals surface area contributed by atoms with E-state index < -0.39 is 0 Å². The van der Waals surface area contributed by atoms with E-state index in [1.165, 1.54) is 0 Å². The van der Waals surface area contributed by atoms with Crippen LogP contribution in [0.3, 0.4) is 0 Å². The number of ether oxygens (including phenoxy) is 1. The van der Waals surface area contributed by atoms with Gasteiger partial charge in [-0.15, -0.1) is 12.4 Å². The van der Waals surface area contributed by atoms with Crippen molar-refractivity contribution in [1.29, 1.82) is 0 Å². The second-order valence-electron chi connectivity index (χ2n) is 7.21. The summed E-state index contributed by atoms with van der Waals surface area (Å²) in [5, 5.41) is 7.66. The average molecular weight is 357 g/mol. The molecule has 0 aromatic carbocycles. The van der Waals surface area contributed by atoms with E-state index in [2.05, 4.69) is 29.2 Å². The van der Waals surface area contributed by atoms with Crippen molar-refractivity contribution in [2.45, 2.75) is 32.2 Å². The number of hydrogen-bond donors (Lipinski definition) is 1. The van der Waals surface area contributed by atoms with E-state index in [1.54, 1.807) is 0 Å². The number of nitrogens with one attached hydrogen (secondary N) is 1. The van der Waals surface area contributed by atoms with Crippen LogP contribution in [0.15, 0.2) is 12.4 Å². The molecule has 1 aromatic rings. The number of aryl methyl sites for hydroxylation is 1. The second kappa shape index (κ2) is 8.32. The number of morpholine rings is 1. The van der Waals surface area contributed by atoms with E-state index in [4.69, 9.17) is 4.74 Å². The molecule has 3 heterocycles. The molecule has 1 unspecified atom stereocenters. The summed E-state index contributed by atoms with van der Waals surface area (Å²) in [6.07, 6.45) is 4.93. The number of nitrogens with zero attached hydrogens (tertiary/aromatic N) is 3. The topological polar surface area (TPSA) is 59.4 Å². The molecule has 0 saturated carbocycles. The van der Waals surface area contributed by atoms with Gasteiger partial charge in [0, 0.05) is 38.8 Å². The number of amides is 1. The fourth-order valence-corrected chi connectivity index (χ4v) is 3.82. The standard InChI is InChI=1S/C17H28N4O2.ClH/c1-12(2)6-14-11-23-5-4-21(14)17(22)16-9-18-8-15(16)13-7-19-20(3)10-13;/h7,10,12,14-16,18H,4-6,8-9,11H2,1-3H3;1H/t14?,15-,16+;/m1./s1. The highest BCUT2D eigenvalue weighted by Gasteiger charge is 2.39. The predicted molar refractivity (Wildman–Crippen MR) is 95.3 cm³/mol. The summed E-state index contributed by atoms with van der Waals surface area (Å²) in [6.45, 7) is 8.04. The summed E-state index contributed by atoms with van der Waals surface area (Å²) in [5.74, 6) is 1.07. The van der Waals surface area contributed by atoms with E-state index in [1.807, 2.05) is 24.1 Å². The summed E-state index contributed by atoms with van der Waals surface area (Å²) in [5.41, 5.74) is 1.16. The van der Waals surface area contributed by atoms with Gasteiger partial charge in [0.2, 0.25) is 5.91 Å². The number of aromatic nitrogens is 2. The third-order valence-electron chi connectivity index (χ3n) is 4.94. The highest BCUT2D eigenvalue weighted by molar-refractivity contribution is 5.85. The molecule has 0 bridgehead atoms. The van der Waals surface area contributed by atoms with Gasteiger partial charge < -0.3 is 15.0 Å². The van der Waals surface area contributed by atoms with Crippen LogP contribution in [0.2, 0.25) is 0 Å². The van der Waals surface area contributed by atoms with Crippen molar-refractivity contribution in [3.05, 3.63) is 18.0 Å². The Hall–Kier alpha value is -1.11. The monoisotopic (exact) mass is 356 g/mol. The Morgan fingerprint density at radius 2 is 2.25 bits per heavy atom. The molecule has 2 saturated heterocycles. The highest BCUT2D eigenvalue weighted by Crippen LogP contribution is 2.31. The van der Waals surface area contributed by atoms with E-state index >= 15 is 0 Å². The molecule has 2 fully saturated rings. The first-order chi connectivity index (χ1) is 11.1. The fraction of sp³-hybridized carbons (Fsp3) is 0.765. The first-order valence-electron chi connectivity index (χ1n) is 8.63. The van der Waals surface area contributed by atoms with Gasteiger partial charge in [0.15, 0.2) is 0 Å². The number of rotatable bonds is 4. The maximum Gasteiger partial charge on any atom is 0.228 e. The summed E-state index contributed by atoms with van der Waals surface area (Å²) < 4.78 is 7.43. The summed E-state index contributed by atoms with van der Waals surface area (Å²) in [6, 6.07) is 0.214. The van der Waals surface area contributed by atoms with Crippen LogP contribution < -0.4 is 5.32 Å². The lowest BCUT2D eigenvalue weighted by Crippen LogP contribution is -2.52. The van der Waals surface area contributed by atoms with Crippen LogP contribution in [0.4, 0.5) is 0 Å². The largest absolute Gasteiger partial charge is 0.377 e. The van der Waals surface area contributed by atoms with Gasteiger partial charge in [0.25, 0.3) is 0 Å². The van der Waals surface area contributed by atoms with Gasteiger partial charge in [-0.05, 0) is 17.9 Å². The molecule has 0 spiro atoms. The van der Waals surface area contributed by atoms with Crippen molar-refractivity contribution in [2.75, 3.05) is 32.8 Å². The molecule has 1 amide bonds. The molecule has 1 N–H and O–H groups in total. The zero-order chi connectivity index (χ0) is 16.4. The minimum absolute atomic E-state index is 0. The van der Waals surface area contributed by atoms with Crippen molar-refractivity contribution in [2.24, 2.45) is 18.9 Å². The zero-order valence-corrected chi connectivity index (χ0v) is 15.6. The molecule has 2 aliphatic heterocycles. The van der Waals surface area contributed by atoms with Crippen LogP contribution in [-0.2, 0) is 16.6 Å². The fourth-order valence-electron chi connectivity index (χ4n) is 3.82. The highest BCUT2D eigenvalue weighted by atomic mass is 35.5. The predicted octanol–water partition coefficient (Wildman–Crippen LogP) is 1.42. The SMILES string of the molecule is CC(C)CC1COCCN1C(=O)[C@H]1CNC[C@@H]1c1cnn(C)c1.Cl. The molecule has 3 atom stereocenters. The average Bonchev–Trinajstić information content (AvgIpc) is 3.15. The lowest BCUT2D eigenvalue weighted by molar-refractivity contribution is -0.144. The normalized spacial score (nSPS) is 27.3. The zero-order valence-electron chi connectivity index (χ0n) is 14.8. The van der Waals surface area contributed by atoms with Gasteiger partial charge in [0.1, 0.15) is 0 Å². The minimum atomic E-state index is 0. The molecule has 0 aliphatic carbocycles. The molecule has 3 rings (SSSR count). The Morgan fingerprint density at radius 3 is 2.92 bits per heavy atom. The lowest BCUT2D eigenvalue weighted by atomic mass is 9.89. The van der Waals surface area contributed by atoms with E-state index in [-0.39, 0.29) is 36.2 Å². The first-order valence-corrected chi connectivity index (χ1v) is 8.63. The quantitative estimate of drug-likeness (QED) is 0.886. The second-order valence-corrected chi connectivity index (χ2v) is 7.21. The third-order valence-corrected chi connectivity index (χ3v) is 4.94. The van der Waals surface area contributed by atoms with Crippen LogP contribution in [0, 0.1) is 11.8 Å². The van der Waals surface area contributed by atoms with Gasteiger partial charge in [0.05, 0.1) is 31.4 Å². The Morgan fingerprint density at radius 1 is 1.46 bits per heavy atom. The Kier molecular flexibility index (Phi) is 6.66. The van der Waals surface area contributed by atoms with Crippen molar-refractivity contribution >= 4 is 18.3 Å². The summed E-state index contributed by atoms with van der Waals surface area (Å²) in [4.78, 5) is 15.3. The summed E-state index contributed by atoms with van der Waals surface area (Å²) in [7, 11) is 1.92. The number of hydrogen-bond acceptors (Lipinski definition) is 4. The smallest absolute Gasteiger partial charge is 0.228 e. The van der Waals surface area contributed by atoms with Crippen molar-refractivity contribution in [3.8, 4) is 0 Å². The van der Waals surface area contributed by atoms with Gasteiger partial charge in [-0.25, -0.2) is 0 Å². The molecular weight excluding hydrogens is 328 g/mol. The Bertz CT molecular complexity index is 548.